The Balaban J connectivity index is 1.92. The molecular weight excluding hydrogens is 434 g/mol. The molecule has 1 unspecified atom stereocenters. The Morgan fingerprint density at radius 1 is 1.12 bits per heavy atom. The Kier molecular flexibility index (Phi) is 6.33. The monoisotopic (exact) mass is 461 g/mol. The van der Waals surface area contributed by atoms with Gasteiger partial charge in [-0.25, -0.2) is 9.79 Å². The second-order valence-electron chi connectivity index (χ2n) is 8.20. The Morgan fingerprint density at radius 2 is 1.79 bits per heavy atom. The molecule has 0 fully saturated rings. The van der Waals surface area contributed by atoms with Crippen molar-refractivity contribution in [1.82, 2.24) is 4.57 Å². The number of hydrogen-bond acceptors (Lipinski definition) is 6. The molecule has 0 bridgehead atoms. The smallest absolute Gasteiger partial charge is 0.338 e. The van der Waals surface area contributed by atoms with Crippen LogP contribution in [0, 0.1) is 6.92 Å². The van der Waals surface area contributed by atoms with Crippen molar-refractivity contribution in [3.8, 4) is 0 Å². The van der Waals surface area contributed by atoms with Crippen LogP contribution in [0.2, 0.25) is 0 Å². The standard InChI is InChI=1S/C26H27N3O3S/c1-6-32-25(31)22-17(3)27-26-29(23(22)19-11-13-20(14-12-19)28(4)5)24(30)21(33-26)15-18-9-7-16(2)8-10-18/h7-15,23H,6H2,1-5H3/b21-15-. The summed E-state index contributed by atoms with van der Waals surface area (Å²) in [5.41, 5.74) is 4.76. The number of anilines is 1. The lowest BCUT2D eigenvalue weighted by atomic mass is 9.95. The molecule has 3 aromatic rings. The molecule has 1 atom stereocenters. The predicted molar refractivity (Wildman–Crippen MR) is 132 cm³/mol. The third-order valence-electron chi connectivity index (χ3n) is 5.62. The van der Waals surface area contributed by atoms with Crippen LogP contribution in [-0.2, 0) is 9.53 Å². The average molecular weight is 462 g/mol. The molecule has 2 aromatic carbocycles. The first-order chi connectivity index (χ1) is 15.8. The van der Waals surface area contributed by atoms with Gasteiger partial charge < -0.3 is 9.64 Å². The first-order valence-corrected chi connectivity index (χ1v) is 11.7. The number of rotatable bonds is 5. The van der Waals surface area contributed by atoms with Crippen LogP contribution in [0.3, 0.4) is 0 Å². The van der Waals surface area contributed by atoms with Gasteiger partial charge in [-0.05, 0) is 50.1 Å². The highest BCUT2D eigenvalue weighted by atomic mass is 32.1. The van der Waals surface area contributed by atoms with Crippen molar-refractivity contribution in [2.75, 3.05) is 25.6 Å². The second kappa shape index (κ2) is 9.19. The van der Waals surface area contributed by atoms with E-state index in [-0.39, 0.29) is 12.2 Å². The molecular formula is C26H27N3O3S. The van der Waals surface area contributed by atoms with E-state index in [9.17, 15) is 9.59 Å². The van der Waals surface area contributed by atoms with Crippen LogP contribution >= 0.6 is 11.3 Å². The van der Waals surface area contributed by atoms with Gasteiger partial charge in [0.25, 0.3) is 5.56 Å². The number of allylic oxidation sites excluding steroid dienone is 1. The molecule has 33 heavy (non-hydrogen) atoms. The Labute approximate surface area is 196 Å². The summed E-state index contributed by atoms with van der Waals surface area (Å²) in [5, 5.41) is 0. The number of aryl methyl sites for hydroxylation is 1. The van der Waals surface area contributed by atoms with Crippen molar-refractivity contribution < 1.29 is 9.53 Å². The van der Waals surface area contributed by atoms with Crippen molar-refractivity contribution in [2.24, 2.45) is 4.99 Å². The van der Waals surface area contributed by atoms with E-state index in [1.165, 1.54) is 11.3 Å². The lowest BCUT2D eigenvalue weighted by molar-refractivity contribution is -0.139. The Hall–Kier alpha value is -3.45. The first kappa shape index (κ1) is 22.7. The lowest BCUT2D eigenvalue weighted by Gasteiger charge is -2.25. The molecule has 170 valence electrons. The van der Waals surface area contributed by atoms with Gasteiger partial charge in [0.15, 0.2) is 4.80 Å². The molecule has 2 heterocycles. The number of carbonyl (C=O) groups excluding carboxylic acids is 1. The third-order valence-corrected chi connectivity index (χ3v) is 6.60. The van der Waals surface area contributed by atoms with E-state index in [0.717, 1.165) is 22.4 Å². The molecule has 0 radical (unpaired) electrons. The predicted octanol–water partition coefficient (Wildman–Crippen LogP) is 3.17. The highest BCUT2D eigenvalue weighted by Crippen LogP contribution is 2.31. The molecule has 0 N–H and O–H groups in total. The first-order valence-electron chi connectivity index (χ1n) is 10.8. The average Bonchev–Trinajstić information content (AvgIpc) is 3.09. The SMILES string of the molecule is CCOC(=O)C1=C(C)N=c2s/c(=C\c3ccc(C)cc3)c(=O)n2C1c1ccc(N(C)C)cc1. The molecule has 0 aliphatic carbocycles. The van der Waals surface area contributed by atoms with Gasteiger partial charge in [0, 0.05) is 19.8 Å². The van der Waals surface area contributed by atoms with Crippen molar-refractivity contribution in [3.05, 3.63) is 96.2 Å². The summed E-state index contributed by atoms with van der Waals surface area (Å²) >= 11 is 1.33. The summed E-state index contributed by atoms with van der Waals surface area (Å²) in [7, 11) is 3.94. The van der Waals surface area contributed by atoms with Crippen molar-refractivity contribution >= 4 is 29.1 Å². The molecule has 1 aromatic heterocycles. The summed E-state index contributed by atoms with van der Waals surface area (Å²) in [4.78, 5) is 33.7. The van der Waals surface area contributed by atoms with Crippen LogP contribution in [0.15, 0.2) is 69.6 Å². The summed E-state index contributed by atoms with van der Waals surface area (Å²) in [5.74, 6) is -0.451. The maximum absolute atomic E-state index is 13.6. The lowest BCUT2D eigenvalue weighted by Crippen LogP contribution is -2.39. The Morgan fingerprint density at radius 3 is 2.39 bits per heavy atom. The van der Waals surface area contributed by atoms with E-state index in [4.69, 9.17) is 4.74 Å². The number of aromatic nitrogens is 1. The summed E-state index contributed by atoms with van der Waals surface area (Å²) in [6, 6.07) is 15.3. The van der Waals surface area contributed by atoms with Crippen LogP contribution < -0.4 is 19.8 Å². The minimum Gasteiger partial charge on any atom is -0.463 e. The van der Waals surface area contributed by atoms with Crippen LogP contribution in [0.1, 0.15) is 36.6 Å². The zero-order valence-corrected chi connectivity index (χ0v) is 20.3. The van der Waals surface area contributed by atoms with Crippen molar-refractivity contribution in [3.63, 3.8) is 0 Å². The van der Waals surface area contributed by atoms with Crippen LogP contribution in [0.5, 0.6) is 0 Å². The molecule has 0 spiro atoms. The number of fused-ring (bicyclic) bond motifs is 1. The molecule has 0 saturated heterocycles. The number of hydrogen-bond donors (Lipinski definition) is 0. The van der Waals surface area contributed by atoms with Crippen molar-refractivity contribution in [1.29, 1.82) is 0 Å². The Bertz CT molecular complexity index is 1390. The zero-order chi connectivity index (χ0) is 23.7. The van der Waals surface area contributed by atoms with E-state index in [1.807, 2.05) is 80.5 Å². The van der Waals surface area contributed by atoms with Crippen LogP contribution in [0.4, 0.5) is 5.69 Å². The number of nitrogens with zero attached hydrogens (tertiary/aromatic N) is 3. The summed E-state index contributed by atoms with van der Waals surface area (Å²) in [6.07, 6.45) is 1.87. The molecule has 1 aliphatic rings. The van der Waals surface area contributed by atoms with E-state index in [2.05, 4.69) is 4.99 Å². The zero-order valence-electron chi connectivity index (χ0n) is 19.5. The quantitative estimate of drug-likeness (QED) is 0.548. The van der Waals surface area contributed by atoms with Gasteiger partial charge in [-0.15, -0.1) is 0 Å². The molecule has 6 nitrogen and oxygen atoms in total. The van der Waals surface area contributed by atoms with E-state index in [1.54, 1.807) is 18.4 Å². The largest absolute Gasteiger partial charge is 0.463 e. The maximum atomic E-state index is 13.6. The number of carbonyl (C=O) groups is 1. The van der Waals surface area contributed by atoms with Crippen molar-refractivity contribution in [2.45, 2.75) is 26.8 Å². The van der Waals surface area contributed by atoms with E-state index >= 15 is 0 Å². The molecule has 7 heteroatoms. The fourth-order valence-electron chi connectivity index (χ4n) is 3.88. The van der Waals surface area contributed by atoms with Crippen LogP contribution in [0.25, 0.3) is 6.08 Å². The van der Waals surface area contributed by atoms with Crippen LogP contribution in [-0.4, -0.2) is 31.2 Å². The maximum Gasteiger partial charge on any atom is 0.338 e. The fraction of sp³-hybridized carbons (Fsp3) is 0.269. The summed E-state index contributed by atoms with van der Waals surface area (Å²) < 4.78 is 7.54. The number of esters is 1. The number of benzene rings is 2. The molecule has 0 amide bonds. The minimum atomic E-state index is -0.600. The molecule has 4 rings (SSSR count). The van der Waals surface area contributed by atoms with Gasteiger partial charge in [-0.1, -0.05) is 53.3 Å². The van der Waals surface area contributed by atoms with Gasteiger partial charge in [0.1, 0.15) is 0 Å². The van der Waals surface area contributed by atoms with Gasteiger partial charge in [-0.2, -0.15) is 0 Å². The van der Waals surface area contributed by atoms with Gasteiger partial charge in [0.05, 0.1) is 28.5 Å². The van der Waals surface area contributed by atoms with Gasteiger partial charge in [-0.3, -0.25) is 9.36 Å². The summed E-state index contributed by atoms with van der Waals surface area (Å²) in [6.45, 7) is 5.84. The van der Waals surface area contributed by atoms with Gasteiger partial charge >= 0.3 is 5.97 Å². The number of thiazole rings is 1. The second-order valence-corrected chi connectivity index (χ2v) is 9.21. The topological polar surface area (TPSA) is 63.9 Å². The molecule has 0 saturated carbocycles. The number of ether oxygens (including phenoxy) is 1. The normalized spacial score (nSPS) is 15.8. The highest BCUT2D eigenvalue weighted by Gasteiger charge is 2.33. The molecule has 1 aliphatic heterocycles. The fourth-order valence-corrected chi connectivity index (χ4v) is 4.92. The van der Waals surface area contributed by atoms with E-state index < -0.39 is 12.0 Å². The third kappa shape index (κ3) is 4.41. The highest BCUT2D eigenvalue weighted by molar-refractivity contribution is 7.07. The minimum absolute atomic E-state index is 0.171. The van der Waals surface area contributed by atoms with E-state index in [0.29, 0.717) is 20.6 Å². The van der Waals surface area contributed by atoms with Gasteiger partial charge in [0.2, 0.25) is 0 Å².